The van der Waals surface area contributed by atoms with E-state index in [9.17, 15) is 0 Å². The monoisotopic (exact) mass is 410 g/mol. The van der Waals surface area contributed by atoms with Crippen molar-refractivity contribution in [1.29, 1.82) is 0 Å². The van der Waals surface area contributed by atoms with E-state index in [-0.39, 0.29) is 0 Å². The average molecular weight is 409 g/mol. The molecular weight excluding hydrogens is 383 g/mol. The molecule has 20 heavy (non-hydrogen) atoms. The predicted molar refractivity (Wildman–Crippen MR) is 86.3 cm³/mol. The summed E-state index contributed by atoms with van der Waals surface area (Å²) in [6.07, 6.45) is 0. The first-order valence-corrected chi connectivity index (χ1v) is 17.8. The number of rotatable bonds is 11. The van der Waals surface area contributed by atoms with Crippen molar-refractivity contribution in [2.75, 3.05) is 46.8 Å². The summed E-state index contributed by atoms with van der Waals surface area (Å²) in [6.45, 7) is 3.65. The van der Waals surface area contributed by atoms with Crippen LogP contribution in [-0.2, 0) is 14.2 Å². The standard InChI is InChI=1S/C11H17O4S.3CH3.Sn/c1-12-3-4-13-5-6-14-7-8-15-11-2-9-16-10-11;;;;/h2,9H,3-8H2,1H3;3*1H3;. The SMILES string of the molecule is COCCOCCOCCOc1ccs[c]1[Sn]([CH3])([CH3])[CH3]. The Bertz CT molecular complexity index is 362. The molecule has 0 atom stereocenters. The molecule has 0 amide bonds. The van der Waals surface area contributed by atoms with Crippen molar-refractivity contribution in [3.05, 3.63) is 11.4 Å². The van der Waals surface area contributed by atoms with Crippen LogP contribution in [-0.4, -0.2) is 65.1 Å². The molecule has 0 spiro atoms. The first kappa shape index (κ1) is 18.2. The van der Waals surface area contributed by atoms with Crippen LogP contribution >= 0.6 is 11.3 Å². The second-order valence-corrected chi connectivity index (χ2v) is 21.7. The molecule has 0 N–H and O–H groups in total. The quantitative estimate of drug-likeness (QED) is 0.416. The van der Waals surface area contributed by atoms with Crippen LogP contribution in [0.2, 0.25) is 14.8 Å². The molecule has 0 radical (unpaired) electrons. The summed E-state index contributed by atoms with van der Waals surface area (Å²) < 4.78 is 23.0. The van der Waals surface area contributed by atoms with Gasteiger partial charge in [0.15, 0.2) is 0 Å². The van der Waals surface area contributed by atoms with Crippen molar-refractivity contribution in [2.45, 2.75) is 14.8 Å². The molecule has 6 heteroatoms. The van der Waals surface area contributed by atoms with Crippen LogP contribution in [0, 0.1) is 0 Å². The van der Waals surface area contributed by atoms with E-state index in [0.29, 0.717) is 39.6 Å². The van der Waals surface area contributed by atoms with E-state index >= 15 is 0 Å². The molecule has 0 aromatic carbocycles. The minimum atomic E-state index is -2.03. The first-order chi connectivity index (χ1) is 9.55. The Morgan fingerprint density at radius 2 is 1.55 bits per heavy atom. The van der Waals surface area contributed by atoms with Gasteiger partial charge in [-0.2, -0.15) is 0 Å². The Labute approximate surface area is 130 Å². The Balaban J connectivity index is 2.09. The fraction of sp³-hybridized carbons (Fsp3) is 0.714. The van der Waals surface area contributed by atoms with E-state index in [2.05, 4.69) is 26.3 Å². The van der Waals surface area contributed by atoms with Crippen molar-refractivity contribution in [3.63, 3.8) is 0 Å². The summed E-state index contributed by atoms with van der Waals surface area (Å²) >= 11 is -0.196. The van der Waals surface area contributed by atoms with Gasteiger partial charge in [0, 0.05) is 7.11 Å². The number of hydrogen-bond acceptors (Lipinski definition) is 5. The zero-order valence-electron chi connectivity index (χ0n) is 12.9. The fourth-order valence-electron chi connectivity index (χ4n) is 1.63. The van der Waals surface area contributed by atoms with Gasteiger partial charge in [-0.15, -0.1) is 0 Å². The van der Waals surface area contributed by atoms with Crippen LogP contribution in [0.15, 0.2) is 11.4 Å². The van der Waals surface area contributed by atoms with E-state index in [1.54, 1.807) is 7.11 Å². The van der Waals surface area contributed by atoms with E-state index in [1.807, 2.05) is 11.3 Å². The number of ether oxygens (including phenoxy) is 4. The van der Waals surface area contributed by atoms with Crippen LogP contribution in [0.1, 0.15) is 0 Å². The van der Waals surface area contributed by atoms with Gasteiger partial charge in [0.25, 0.3) is 0 Å². The molecule has 1 heterocycles. The average Bonchev–Trinajstić information content (AvgIpc) is 2.85. The van der Waals surface area contributed by atoms with Crippen molar-refractivity contribution >= 4 is 32.6 Å². The van der Waals surface area contributed by atoms with Crippen LogP contribution in [0.4, 0.5) is 0 Å². The normalized spacial score (nSPS) is 11.8. The van der Waals surface area contributed by atoms with Crippen molar-refractivity contribution in [3.8, 4) is 5.75 Å². The molecule has 4 nitrogen and oxygen atoms in total. The second kappa shape index (κ2) is 10.00. The Hall–Kier alpha value is 0.179. The van der Waals surface area contributed by atoms with E-state index in [0.717, 1.165) is 5.75 Å². The zero-order valence-corrected chi connectivity index (χ0v) is 16.6. The summed E-state index contributed by atoms with van der Waals surface area (Å²) in [5.74, 6) is 1.07. The van der Waals surface area contributed by atoms with Gasteiger partial charge in [-0.1, -0.05) is 0 Å². The number of methoxy groups -OCH3 is 1. The zero-order chi connectivity index (χ0) is 14.8. The van der Waals surface area contributed by atoms with Crippen molar-refractivity contribution in [1.82, 2.24) is 0 Å². The van der Waals surface area contributed by atoms with Gasteiger partial charge in [0.05, 0.1) is 0 Å². The van der Waals surface area contributed by atoms with Gasteiger partial charge in [-0.3, -0.25) is 0 Å². The molecule has 0 unspecified atom stereocenters. The topological polar surface area (TPSA) is 36.9 Å². The minimum absolute atomic E-state index is 0.599. The third-order valence-electron chi connectivity index (χ3n) is 2.60. The molecule has 116 valence electrons. The predicted octanol–water partition coefficient (Wildman–Crippen LogP) is 2.35. The Morgan fingerprint density at radius 3 is 2.15 bits per heavy atom. The van der Waals surface area contributed by atoms with Crippen molar-refractivity contribution in [2.24, 2.45) is 0 Å². The molecular formula is C14H26O4SSn. The molecule has 0 saturated heterocycles. The summed E-state index contributed by atoms with van der Waals surface area (Å²) in [4.78, 5) is 7.21. The van der Waals surface area contributed by atoms with Crippen LogP contribution in [0.3, 0.4) is 0 Å². The number of hydrogen-bond donors (Lipinski definition) is 0. The first-order valence-electron chi connectivity index (χ1n) is 6.91. The molecule has 0 saturated carbocycles. The van der Waals surface area contributed by atoms with Crippen LogP contribution in [0.5, 0.6) is 5.75 Å². The van der Waals surface area contributed by atoms with E-state index in [1.165, 1.54) is 2.89 Å². The Morgan fingerprint density at radius 1 is 0.950 bits per heavy atom. The van der Waals surface area contributed by atoms with Gasteiger partial charge < -0.3 is 0 Å². The van der Waals surface area contributed by atoms with Gasteiger partial charge in [0.2, 0.25) is 0 Å². The van der Waals surface area contributed by atoms with Gasteiger partial charge in [0.1, 0.15) is 0 Å². The van der Waals surface area contributed by atoms with Crippen molar-refractivity contribution < 1.29 is 18.9 Å². The van der Waals surface area contributed by atoms with Crippen LogP contribution in [0.25, 0.3) is 0 Å². The molecule has 0 fully saturated rings. The summed E-state index contributed by atoms with van der Waals surface area (Å²) in [5.41, 5.74) is 0. The number of thiophene rings is 1. The van der Waals surface area contributed by atoms with E-state index < -0.39 is 18.4 Å². The molecule has 0 aliphatic rings. The molecule has 0 bridgehead atoms. The van der Waals surface area contributed by atoms with Gasteiger partial charge in [-0.05, 0) is 0 Å². The molecule has 1 rings (SSSR count). The molecule has 0 aliphatic heterocycles. The molecule has 0 aliphatic carbocycles. The third-order valence-corrected chi connectivity index (χ3v) is 13.0. The third kappa shape index (κ3) is 7.26. The summed E-state index contributed by atoms with van der Waals surface area (Å²) in [5, 5.41) is 2.12. The summed E-state index contributed by atoms with van der Waals surface area (Å²) in [6, 6.07) is 2.08. The van der Waals surface area contributed by atoms with E-state index in [4.69, 9.17) is 18.9 Å². The van der Waals surface area contributed by atoms with Crippen LogP contribution < -0.4 is 7.63 Å². The van der Waals surface area contributed by atoms with Gasteiger partial charge in [-0.25, -0.2) is 0 Å². The molecule has 1 aromatic heterocycles. The summed E-state index contributed by atoms with van der Waals surface area (Å²) in [7, 11) is 1.66. The fourth-order valence-corrected chi connectivity index (χ4v) is 8.72. The second-order valence-electron chi connectivity index (χ2n) is 5.43. The maximum absolute atomic E-state index is 5.83. The Kier molecular flexibility index (Phi) is 9.11. The maximum atomic E-state index is 5.83. The molecule has 1 aromatic rings. The van der Waals surface area contributed by atoms with Gasteiger partial charge >= 0.3 is 123 Å².